The molecule has 7 heteroatoms. The van der Waals surface area contributed by atoms with Gasteiger partial charge >= 0.3 is 0 Å². The van der Waals surface area contributed by atoms with E-state index >= 15 is 0 Å². The number of carbonyl (C=O) groups is 2. The van der Waals surface area contributed by atoms with Crippen LogP contribution in [0.2, 0.25) is 0 Å². The number of para-hydroxylation sites is 1. The number of amides is 2. The van der Waals surface area contributed by atoms with Gasteiger partial charge in [-0.25, -0.2) is 0 Å². The summed E-state index contributed by atoms with van der Waals surface area (Å²) in [6, 6.07) is 7.80. The highest BCUT2D eigenvalue weighted by Crippen LogP contribution is 2.19. The summed E-state index contributed by atoms with van der Waals surface area (Å²) < 4.78 is 0. The molecule has 28 heavy (non-hydrogen) atoms. The summed E-state index contributed by atoms with van der Waals surface area (Å²) >= 11 is 0. The Morgan fingerprint density at radius 3 is 2.89 bits per heavy atom. The van der Waals surface area contributed by atoms with E-state index in [1.54, 1.807) is 0 Å². The number of carbonyl (C=O) groups excluding carboxylic acids is 2. The molecule has 0 unspecified atom stereocenters. The zero-order valence-corrected chi connectivity index (χ0v) is 15.9. The van der Waals surface area contributed by atoms with Gasteiger partial charge in [0.1, 0.15) is 5.69 Å². The first-order valence-electron chi connectivity index (χ1n) is 9.03. The van der Waals surface area contributed by atoms with Crippen LogP contribution in [0.1, 0.15) is 29.9 Å². The van der Waals surface area contributed by atoms with Crippen molar-refractivity contribution in [2.24, 2.45) is 0 Å². The lowest BCUT2D eigenvalue weighted by molar-refractivity contribution is -0.115. The molecule has 3 rings (SSSR count). The molecule has 0 atom stereocenters. The number of allylic oxidation sites excluding steroid dienone is 3. The Hall–Kier alpha value is -3.61. The van der Waals surface area contributed by atoms with Gasteiger partial charge in [0, 0.05) is 23.6 Å². The lowest BCUT2D eigenvalue weighted by atomic mass is 10.1. The molecule has 2 amide bonds. The van der Waals surface area contributed by atoms with E-state index in [1.807, 2.05) is 62.5 Å². The third-order valence-corrected chi connectivity index (χ3v) is 4.27. The van der Waals surface area contributed by atoms with Crippen molar-refractivity contribution in [3.8, 4) is 0 Å². The number of rotatable bonds is 7. The second-order valence-electron chi connectivity index (χ2n) is 6.46. The second-order valence-corrected chi connectivity index (χ2v) is 6.46. The van der Waals surface area contributed by atoms with Crippen LogP contribution >= 0.6 is 0 Å². The van der Waals surface area contributed by atoms with Gasteiger partial charge in [-0.2, -0.15) is 5.10 Å². The van der Waals surface area contributed by atoms with E-state index in [2.05, 4.69) is 25.8 Å². The summed E-state index contributed by atoms with van der Waals surface area (Å²) in [7, 11) is 0. The van der Waals surface area contributed by atoms with Crippen molar-refractivity contribution in [3.63, 3.8) is 0 Å². The van der Waals surface area contributed by atoms with Gasteiger partial charge < -0.3 is 15.6 Å². The fraction of sp³-hybridized carbons (Fsp3) is 0.190. The van der Waals surface area contributed by atoms with Crippen molar-refractivity contribution in [2.75, 3.05) is 11.9 Å². The monoisotopic (exact) mass is 377 g/mol. The first kappa shape index (κ1) is 19.2. The molecule has 0 aliphatic rings. The van der Waals surface area contributed by atoms with Crippen molar-refractivity contribution in [3.05, 3.63) is 71.7 Å². The average molecular weight is 377 g/mol. The number of fused-ring (bicyclic) bond motifs is 1. The SMILES string of the molecule is C/C=C\C=C(/C)CNC(=O)c1[nH]ncc1NC(=O)Cc1c[nH]c2ccccc12. The number of anilines is 1. The minimum Gasteiger partial charge on any atom is -0.361 e. The average Bonchev–Trinajstić information content (AvgIpc) is 3.32. The minimum atomic E-state index is -0.326. The maximum absolute atomic E-state index is 12.5. The number of benzene rings is 1. The zero-order valence-electron chi connectivity index (χ0n) is 15.9. The quantitative estimate of drug-likeness (QED) is 0.475. The van der Waals surface area contributed by atoms with E-state index in [-0.39, 0.29) is 23.9 Å². The first-order valence-corrected chi connectivity index (χ1v) is 9.03. The van der Waals surface area contributed by atoms with Gasteiger partial charge in [-0.05, 0) is 25.5 Å². The van der Waals surface area contributed by atoms with Gasteiger partial charge in [0.05, 0.1) is 18.3 Å². The fourth-order valence-electron chi connectivity index (χ4n) is 2.83. The summed E-state index contributed by atoms with van der Waals surface area (Å²) in [6.07, 6.45) is 9.21. The van der Waals surface area contributed by atoms with Crippen LogP contribution < -0.4 is 10.6 Å². The third-order valence-electron chi connectivity index (χ3n) is 4.27. The molecule has 0 radical (unpaired) electrons. The highest BCUT2D eigenvalue weighted by atomic mass is 16.2. The van der Waals surface area contributed by atoms with Gasteiger partial charge in [0.25, 0.3) is 5.91 Å². The van der Waals surface area contributed by atoms with Crippen LogP contribution in [0.25, 0.3) is 10.9 Å². The Morgan fingerprint density at radius 2 is 2.07 bits per heavy atom. The van der Waals surface area contributed by atoms with Crippen LogP contribution in [0.4, 0.5) is 5.69 Å². The molecule has 0 saturated heterocycles. The van der Waals surface area contributed by atoms with E-state index in [9.17, 15) is 9.59 Å². The van der Waals surface area contributed by atoms with Gasteiger partial charge in [-0.3, -0.25) is 14.7 Å². The maximum atomic E-state index is 12.5. The van der Waals surface area contributed by atoms with E-state index < -0.39 is 0 Å². The summed E-state index contributed by atoms with van der Waals surface area (Å²) in [4.78, 5) is 28.0. The molecule has 2 aromatic heterocycles. The molecule has 0 aliphatic carbocycles. The smallest absolute Gasteiger partial charge is 0.271 e. The van der Waals surface area contributed by atoms with E-state index in [4.69, 9.17) is 0 Å². The Kier molecular flexibility index (Phi) is 6.06. The van der Waals surface area contributed by atoms with Crippen LogP contribution in [0, 0.1) is 0 Å². The molecular formula is C21H23N5O2. The van der Waals surface area contributed by atoms with Crippen LogP contribution in [-0.2, 0) is 11.2 Å². The molecule has 0 aliphatic heterocycles. The van der Waals surface area contributed by atoms with Crippen LogP contribution in [-0.4, -0.2) is 33.5 Å². The Bertz CT molecular complexity index is 1040. The Morgan fingerprint density at radius 1 is 1.25 bits per heavy atom. The summed E-state index contributed by atoms with van der Waals surface area (Å²) in [6.45, 7) is 4.26. The molecule has 4 N–H and O–H groups in total. The molecule has 3 aromatic rings. The molecule has 0 bridgehead atoms. The summed E-state index contributed by atoms with van der Waals surface area (Å²) in [5, 5.41) is 13.1. The van der Waals surface area contributed by atoms with Crippen molar-refractivity contribution >= 4 is 28.4 Å². The molecular weight excluding hydrogens is 354 g/mol. The molecule has 7 nitrogen and oxygen atoms in total. The first-order chi connectivity index (χ1) is 13.6. The molecule has 0 spiro atoms. The van der Waals surface area contributed by atoms with E-state index in [0.29, 0.717) is 12.2 Å². The Balaban J connectivity index is 1.63. The van der Waals surface area contributed by atoms with Crippen LogP contribution in [0.3, 0.4) is 0 Å². The topological polar surface area (TPSA) is 103 Å². The molecule has 144 valence electrons. The van der Waals surface area contributed by atoms with Crippen molar-refractivity contribution in [1.29, 1.82) is 0 Å². The maximum Gasteiger partial charge on any atom is 0.271 e. The van der Waals surface area contributed by atoms with Gasteiger partial charge in [0.15, 0.2) is 0 Å². The van der Waals surface area contributed by atoms with Gasteiger partial charge in [-0.15, -0.1) is 0 Å². The van der Waals surface area contributed by atoms with Gasteiger partial charge in [-0.1, -0.05) is 42.0 Å². The van der Waals surface area contributed by atoms with Crippen molar-refractivity contribution in [2.45, 2.75) is 20.3 Å². The third kappa shape index (κ3) is 4.56. The standard InChI is InChI=1S/C21H23N5O2/c1-3-4-7-14(2)11-23-21(28)20-18(13-24-26-20)25-19(27)10-15-12-22-17-9-6-5-8-16(15)17/h3-9,12-13,22H,10-11H2,1-2H3,(H,23,28)(H,24,26)(H,25,27)/b4-3-,14-7+. The predicted octanol–water partition coefficient (Wildman–Crippen LogP) is 3.32. The highest BCUT2D eigenvalue weighted by Gasteiger charge is 2.16. The molecule has 0 fully saturated rings. The minimum absolute atomic E-state index is 0.196. The van der Waals surface area contributed by atoms with Crippen molar-refractivity contribution < 1.29 is 9.59 Å². The number of H-pyrrole nitrogens is 2. The highest BCUT2D eigenvalue weighted by molar-refractivity contribution is 6.03. The summed E-state index contributed by atoms with van der Waals surface area (Å²) in [5.74, 6) is -0.544. The Labute approximate surface area is 162 Å². The lowest BCUT2D eigenvalue weighted by Crippen LogP contribution is -2.27. The fourth-order valence-corrected chi connectivity index (χ4v) is 2.83. The van der Waals surface area contributed by atoms with Crippen LogP contribution in [0.5, 0.6) is 0 Å². The molecule has 0 saturated carbocycles. The lowest BCUT2D eigenvalue weighted by Gasteiger charge is -2.07. The predicted molar refractivity (Wildman–Crippen MR) is 110 cm³/mol. The number of hydrogen-bond acceptors (Lipinski definition) is 3. The largest absolute Gasteiger partial charge is 0.361 e. The number of hydrogen-bond donors (Lipinski definition) is 4. The number of nitrogens with zero attached hydrogens (tertiary/aromatic N) is 1. The van der Waals surface area contributed by atoms with Gasteiger partial charge in [0.2, 0.25) is 5.91 Å². The number of aromatic nitrogens is 3. The van der Waals surface area contributed by atoms with E-state index in [0.717, 1.165) is 22.0 Å². The van der Waals surface area contributed by atoms with E-state index in [1.165, 1.54) is 6.20 Å². The molecule has 2 heterocycles. The summed E-state index contributed by atoms with van der Waals surface area (Å²) in [5.41, 5.74) is 3.47. The normalized spacial score (nSPS) is 11.9. The second kappa shape index (κ2) is 8.85. The molecule has 1 aromatic carbocycles. The van der Waals surface area contributed by atoms with Crippen molar-refractivity contribution in [1.82, 2.24) is 20.5 Å². The number of aromatic amines is 2. The number of nitrogens with one attached hydrogen (secondary N) is 4. The van der Waals surface area contributed by atoms with Crippen LogP contribution in [0.15, 0.2) is 60.5 Å². The zero-order chi connectivity index (χ0) is 19.9.